The quantitative estimate of drug-likeness (QED) is 0.599. The summed E-state index contributed by atoms with van der Waals surface area (Å²) < 4.78 is 2.01. The standard InChI is InChI=1S/C19H17N5O/c1-13-17(15-4-6-16(25)7-5-15)24-10-9-21-18(19(24)23-13)22-12-14-3-2-8-20-11-14/h2-11,25H,12H2,1H3,(H,21,22). The van der Waals surface area contributed by atoms with Crippen molar-refractivity contribution in [3.05, 3.63) is 72.4 Å². The van der Waals surface area contributed by atoms with Gasteiger partial charge >= 0.3 is 0 Å². The lowest BCUT2D eigenvalue weighted by molar-refractivity contribution is 0.475. The Morgan fingerprint density at radius 3 is 2.72 bits per heavy atom. The molecule has 0 aliphatic heterocycles. The molecular weight excluding hydrogens is 314 g/mol. The summed E-state index contributed by atoms with van der Waals surface area (Å²) in [7, 11) is 0. The van der Waals surface area contributed by atoms with E-state index in [9.17, 15) is 5.11 Å². The van der Waals surface area contributed by atoms with Crippen LogP contribution in [0.3, 0.4) is 0 Å². The van der Waals surface area contributed by atoms with Crippen LogP contribution in [0.2, 0.25) is 0 Å². The van der Waals surface area contributed by atoms with Crippen molar-refractivity contribution in [2.45, 2.75) is 13.5 Å². The Kier molecular flexibility index (Phi) is 3.78. The molecule has 3 heterocycles. The van der Waals surface area contributed by atoms with Crippen LogP contribution in [0, 0.1) is 6.92 Å². The van der Waals surface area contributed by atoms with E-state index in [1.165, 1.54) is 0 Å². The van der Waals surface area contributed by atoms with Crippen molar-refractivity contribution >= 4 is 11.5 Å². The first-order valence-electron chi connectivity index (χ1n) is 7.98. The number of benzene rings is 1. The fourth-order valence-electron chi connectivity index (χ4n) is 2.87. The number of nitrogens with one attached hydrogen (secondary N) is 1. The van der Waals surface area contributed by atoms with Gasteiger partial charge in [0.05, 0.1) is 11.4 Å². The minimum absolute atomic E-state index is 0.246. The minimum Gasteiger partial charge on any atom is -0.508 e. The van der Waals surface area contributed by atoms with Crippen LogP contribution in [0.4, 0.5) is 5.82 Å². The lowest BCUT2D eigenvalue weighted by Gasteiger charge is -2.08. The predicted octanol–water partition coefficient (Wildman–Crippen LogP) is 3.42. The summed E-state index contributed by atoms with van der Waals surface area (Å²) in [6.07, 6.45) is 7.23. The Bertz CT molecular complexity index is 1010. The van der Waals surface area contributed by atoms with Crippen LogP contribution in [0.1, 0.15) is 11.3 Å². The number of anilines is 1. The number of phenols is 1. The highest BCUT2D eigenvalue weighted by atomic mass is 16.3. The molecule has 0 saturated carbocycles. The molecule has 0 spiro atoms. The third kappa shape index (κ3) is 2.89. The molecule has 4 aromatic rings. The van der Waals surface area contributed by atoms with Crippen LogP contribution >= 0.6 is 0 Å². The maximum Gasteiger partial charge on any atom is 0.180 e. The van der Waals surface area contributed by atoms with Crippen LogP contribution in [-0.4, -0.2) is 24.5 Å². The van der Waals surface area contributed by atoms with Gasteiger partial charge in [-0.3, -0.25) is 9.38 Å². The Labute approximate surface area is 144 Å². The molecule has 0 fully saturated rings. The van der Waals surface area contributed by atoms with Crippen LogP contribution in [0.25, 0.3) is 16.9 Å². The molecule has 1 aromatic carbocycles. The zero-order valence-corrected chi connectivity index (χ0v) is 13.7. The molecule has 6 nitrogen and oxygen atoms in total. The fraction of sp³-hybridized carbons (Fsp3) is 0.105. The first kappa shape index (κ1) is 15.1. The molecule has 4 rings (SSSR count). The van der Waals surface area contributed by atoms with Gasteiger partial charge in [0.25, 0.3) is 0 Å². The van der Waals surface area contributed by atoms with Crippen molar-refractivity contribution in [2.24, 2.45) is 0 Å². The SMILES string of the molecule is Cc1nc2c(NCc3cccnc3)nccn2c1-c1ccc(O)cc1. The number of hydrogen-bond donors (Lipinski definition) is 2. The molecule has 2 N–H and O–H groups in total. The van der Waals surface area contributed by atoms with Crippen LogP contribution in [-0.2, 0) is 6.54 Å². The summed E-state index contributed by atoms with van der Waals surface area (Å²) in [5.74, 6) is 0.968. The number of aromatic hydroxyl groups is 1. The van der Waals surface area contributed by atoms with Crippen LogP contribution in [0.5, 0.6) is 5.75 Å². The molecule has 124 valence electrons. The minimum atomic E-state index is 0.246. The Morgan fingerprint density at radius 1 is 1.12 bits per heavy atom. The van der Waals surface area contributed by atoms with Gasteiger partial charge < -0.3 is 10.4 Å². The van der Waals surface area contributed by atoms with Gasteiger partial charge in [0.1, 0.15) is 5.75 Å². The number of aryl methyl sites for hydroxylation is 1. The smallest absolute Gasteiger partial charge is 0.180 e. The Hall–Kier alpha value is -3.41. The van der Waals surface area contributed by atoms with Crippen LogP contribution < -0.4 is 5.32 Å². The lowest BCUT2D eigenvalue weighted by atomic mass is 10.1. The molecule has 0 radical (unpaired) electrons. The summed E-state index contributed by atoms with van der Waals surface area (Å²) in [5.41, 5.74) is 4.73. The predicted molar refractivity (Wildman–Crippen MR) is 96.4 cm³/mol. The van der Waals surface area contributed by atoms with Gasteiger partial charge in [-0.2, -0.15) is 0 Å². The molecule has 0 atom stereocenters. The average molecular weight is 331 g/mol. The Balaban J connectivity index is 1.73. The second kappa shape index (κ2) is 6.24. The largest absolute Gasteiger partial charge is 0.508 e. The topological polar surface area (TPSA) is 75.3 Å². The summed E-state index contributed by atoms with van der Waals surface area (Å²) in [6, 6.07) is 11.0. The van der Waals surface area contributed by atoms with Gasteiger partial charge in [0.2, 0.25) is 0 Å². The van der Waals surface area contributed by atoms with Crippen molar-refractivity contribution in [1.82, 2.24) is 19.4 Å². The van der Waals surface area contributed by atoms with E-state index >= 15 is 0 Å². The van der Waals surface area contributed by atoms with E-state index < -0.39 is 0 Å². The molecule has 0 amide bonds. The second-order valence-electron chi connectivity index (χ2n) is 5.78. The second-order valence-corrected chi connectivity index (χ2v) is 5.78. The third-order valence-electron chi connectivity index (χ3n) is 4.04. The first-order chi connectivity index (χ1) is 12.2. The van der Waals surface area contributed by atoms with Crippen molar-refractivity contribution in [3.63, 3.8) is 0 Å². The zero-order valence-electron chi connectivity index (χ0n) is 13.7. The number of hydrogen-bond acceptors (Lipinski definition) is 5. The number of fused-ring (bicyclic) bond motifs is 1. The summed E-state index contributed by atoms with van der Waals surface area (Å²) in [4.78, 5) is 13.2. The van der Waals surface area contributed by atoms with Crippen molar-refractivity contribution in [2.75, 3.05) is 5.32 Å². The monoisotopic (exact) mass is 331 g/mol. The molecular formula is C19H17N5O. The number of nitrogens with zero attached hydrogens (tertiary/aromatic N) is 4. The van der Waals surface area contributed by atoms with Gasteiger partial charge in [-0.1, -0.05) is 6.07 Å². The first-order valence-corrected chi connectivity index (χ1v) is 7.98. The van der Waals surface area contributed by atoms with E-state index in [4.69, 9.17) is 0 Å². The number of phenolic OH excluding ortho intramolecular Hbond substituents is 1. The van der Waals surface area contributed by atoms with E-state index in [1.54, 1.807) is 24.5 Å². The van der Waals surface area contributed by atoms with Crippen molar-refractivity contribution in [3.8, 4) is 17.0 Å². The highest BCUT2D eigenvalue weighted by Crippen LogP contribution is 2.28. The maximum absolute atomic E-state index is 9.51. The van der Waals surface area contributed by atoms with Crippen molar-refractivity contribution < 1.29 is 5.11 Å². The lowest BCUT2D eigenvalue weighted by Crippen LogP contribution is -2.04. The molecule has 3 aromatic heterocycles. The number of pyridine rings is 1. The highest BCUT2D eigenvalue weighted by Gasteiger charge is 2.14. The van der Waals surface area contributed by atoms with Gasteiger partial charge in [-0.05, 0) is 42.8 Å². The molecule has 0 bridgehead atoms. The van der Waals surface area contributed by atoms with E-state index in [2.05, 4.69) is 20.3 Å². The Morgan fingerprint density at radius 2 is 1.96 bits per heavy atom. The number of rotatable bonds is 4. The summed E-state index contributed by atoms with van der Waals surface area (Å²) in [5, 5.41) is 12.8. The van der Waals surface area contributed by atoms with Gasteiger partial charge in [0, 0.05) is 36.9 Å². The normalized spacial score (nSPS) is 10.9. The van der Waals surface area contributed by atoms with E-state index in [0.717, 1.165) is 34.0 Å². The molecule has 0 aliphatic carbocycles. The fourth-order valence-corrected chi connectivity index (χ4v) is 2.87. The van der Waals surface area contributed by atoms with Gasteiger partial charge in [0.15, 0.2) is 11.5 Å². The van der Waals surface area contributed by atoms with Gasteiger partial charge in [-0.15, -0.1) is 0 Å². The third-order valence-corrected chi connectivity index (χ3v) is 4.04. The molecule has 6 heteroatoms. The molecule has 0 unspecified atom stereocenters. The zero-order chi connectivity index (χ0) is 17.2. The van der Waals surface area contributed by atoms with E-state index in [-0.39, 0.29) is 5.75 Å². The maximum atomic E-state index is 9.51. The summed E-state index contributed by atoms with van der Waals surface area (Å²) in [6.45, 7) is 2.60. The van der Waals surface area contributed by atoms with E-state index in [1.807, 2.05) is 48.0 Å². The average Bonchev–Trinajstić information content (AvgIpc) is 2.98. The van der Waals surface area contributed by atoms with Crippen molar-refractivity contribution in [1.29, 1.82) is 0 Å². The molecule has 0 aliphatic rings. The number of aromatic nitrogens is 4. The highest BCUT2D eigenvalue weighted by molar-refractivity contribution is 5.73. The molecule has 25 heavy (non-hydrogen) atoms. The van der Waals surface area contributed by atoms with Gasteiger partial charge in [-0.25, -0.2) is 9.97 Å². The number of imidazole rings is 1. The van der Waals surface area contributed by atoms with E-state index in [0.29, 0.717) is 6.54 Å². The summed E-state index contributed by atoms with van der Waals surface area (Å²) >= 11 is 0. The molecule has 0 saturated heterocycles. The van der Waals surface area contributed by atoms with Crippen LogP contribution in [0.15, 0.2) is 61.2 Å².